The SMILES string of the molecule is OC(Cc1ccccc1F)CC1CCNCC1. The number of aliphatic hydroxyl groups excluding tert-OH is 1. The van der Waals surface area contributed by atoms with E-state index in [1.165, 1.54) is 6.07 Å². The van der Waals surface area contributed by atoms with Crippen molar-refractivity contribution in [1.82, 2.24) is 5.32 Å². The molecule has 0 amide bonds. The lowest BCUT2D eigenvalue weighted by Gasteiger charge is -2.24. The first-order chi connectivity index (χ1) is 8.25. The number of rotatable bonds is 4. The van der Waals surface area contributed by atoms with Gasteiger partial charge in [0.25, 0.3) is 0 Å². The molecule has 1 saturated heterocycles. The fourth-order valence-electron chi connectivity index (χ4n) is 2.50. The van der Waals surface area contributed by atoms with Crippen molar-refractivity contribution in [1.29, 1.82) is 0 Å². The molecule has 0 saturated carbocycles. The van der Waals surface area contributed by atoms with Crippen molar-refractivity contribution >= 4 is 0 Å². The monoisotopic (exact) mass is 237 g/mol. The second-order valence-electron chi connectivity index (χ2n) is 4.88. The summed E-state index contributed by atoms with van der Waals surface area (Å²) in [5.74, 6) is 0.370. The maximum absolute atomic E-state index is 13.4. The highest BCUT2D eigenvalue weighted by Crippen LogP contribution is 2.20. The maximum atomic E-state index is 13.4. The number of nitrogens with one attached hydrogen (secondary N) is 1. The van der Waals surface area contributed by atoms with Crippen molar-refractivity contribution < 1.29 is 9.50 Å². The van der Waals surface area contributed by atoms with Crippen LogP contribution in [-0.4, -0.2) is 24.3 Å². The number of halogens is 1. The predicted octanol–water partition coefficient (Wildman–Crippen LogP) is 2.12. The van der Waals surface area contributed by atoms with Gasteiger partial charge in [-0.3, -0.25) is 0 Å². The fraction of sp³-hybridized carbons (Fsp3) is 0.571. The molecule has 1 aromatic rings. The average Bonchev–Trinajstić information content (AvgIpc) is 2.33. The summed E-state index contributed by atoms with van der Waals surface area (Å²) in [7, 11) is 0. The summed E-state index contributed by atoms with van der Waals surface area (Å²) in [5.41, 5.74) is 0.619. The third-order valence-corrected chi connectivity index (χ3v) is 3.48. The van der Waals surface area contributed by atoms with E-state index in [1.807, 2.05) is 6.07 Å². The minimum atomic E-state index is -0.421. The average molecular weight is 237 g/mol. The van der Waals surface area contributed by atoms with E-state index < -0.39 is 6.10 Å². The molecule has 2 nitrogen and oxygen atoms in total. The summed E-state index contributed by atoms with van der Waals surface area (Å²) in [6.45, 7) is 2.08. The van der Waals surface area contributed by atoms with Crippen LogP contribution < -0.4 is 5.32 Å². The van der Waals surface area contributed by atoms with Crippen LogP contribution in [0.15, 0.2) is 24.3 Å². The number of hydrogen-bond donors (Lipinski definition) is 2. The number of piperidine rings is 1. The normalized spacial score (nSPS) is 19.2. The Morgan fingerprint density at radius 3 is 2.71 bits per heavy atom. The van der Waals surface area contributed by atoms with E-state index in [2.05, 4.69) is 5.32 Å². The van der Waals surface area contributed by atoms with Crippen LogP contribution in [0.3, 0.4) is 0 Å². The zero-order valence-electron chi connectivity index (χ0n) is 10.0. The van der Waals surface area contributed by atoms with Gasteiger partial charge >= 0.3 is 0 Å². The van der Waals surface area contributed by atoms with Crippen LogP contribution in [0.1, 0.15) is 24.8 Å². The van der Waals surface area contributed by atoms with E-state index in [4.69, 9.17) is 0 Å². The van der Waals surface area contributed by atoms with Crippen molar-refractivity contribution in [3.8, 4) is 0 Å². The first-order valence-corrected chi connectivity index (χ1v) is 6.38. The van der Waals surface area contributed by atoms with Crippen LogP contribution >= 0.6 is 0 Å². The highest BCUT2D eigenvalue weighted by Gasteiger charge is 2.18. The first kappa shape index (κ1) is 12.5. The van der Waals surface area contributed by atoms with Crippen molar-refractivity contribution in [3.05, 3.63) is 35.6 Å². The summed E-state index contributed by atoms with van der Waals surface area (Å²) < 4.78 is 13.4. The van der Waals surface area contributed by atoms with E-state index in [-0.39, 0.29) is 5.82 Å². The molecule has 17 heavy (non-hydrogen) atoms. The number of benzene rings is 1. The lowest BCUT2D eigenvalue weighted by Crippen LogP contribution is -2.30. The van der Waals surface area contributed by atoms with Crippen molar-refractivity contribution in [3.63, 3.8) is 0 Å². The zero-order valence-corrected chi connectivity index (χ0v) is 10.0. The minimum absolute atomic E-state index is 0.211. The van der Waals surface area contributed by atoms with Gasteiger partial charge in [-0.05, 0) is 49.9 Å². The van der Waals surface area contributed by atoms with Crippen LogP contribution in [0.5, 0.6) is 0 Å². The Morgan fingerprint density at radius 2 is 2.00 bits per heavy atom. The van der Waals surface area contributed by atoms with Crippen molar-refractivity contribution in [2.75, 3.05) is 13.1 Å². The summed E-state index contributed by atoms with van der Waals surface area (Å²) in [4.78, 5) is 0. The van der Waals surface area contributed by atoms with Crippen LogP contribution in [0.2, 0.25) is 0 Å². The Morgan fingerprint density at radius 1 is 1.29 bits per heavy atom. The molecule has 0 bridgehead atoms. The Bertz CT molecular complexity index is 350. The van der Waals surface area contributed by atoms with Gasteiger partial charge in [0.1, 0.15) is 5.82 Å². The Hall–Kier alpha value is -0.930. The van der Waals surface area contributed by atoms with Crippen molar-refractivity contribution in [2.24, 2.45) is 5.92 Å². The van der Waals surface area contributed by atoms with Gasteiger partial charge in [0, 0.05) is 6.42 Å². The molecule has 1 atom stereocenters. The van der Waals surface area contributed by atoms with E-state index >= 15 is 0 Å². The molecule has 2 rings (SSSR count). The van der Waals surface area contributed by atoms with Crippen molar-refractivity contribution in [2.45, 2.75) is 31.8 Å². The number of hydrogen-bond acceptors (Lipinski definition) is 2. The van der Waals surface area contributed by atoms with Crippen LogP contribution in [0.4, 0.5) is 4.39 Å². The molecule has 94 valence electrons. The van der Waals surface area contributed by atoms with Gasteiger partial charge in [0.15, 0.2) is 0 Å². The van der Waals surface area contributed by atoms with Gasteiger partial charge in [0.2, 0.25) is 0 Å². The first-order valence-electron chi connectivity index (χ1n) is 6.38. The van der Waals surface area contributed by atoms with Gasteiger partial charge in [-0.1, -0.05) is 18.2 Å². The molecule has 0 radical (unpaired) electrons. The van der Waals surface area contributed by atoms with E-state index in [9.17, 15) is 9.50 Å². The van der Waals surface area contributed by atoms with Gasteiger partial charge in [-0.25, -0.2) is 4.39 Å². The summed E-state index contributed by atoms with van der Waals surface area (Å²) in [6.07, 6.45) is 3.03. The van der Waals surface area contributed by atoms with E-state index in [1.54, 1.807) is 12.1 Å². The van der Waals surface area contributed by atoms with E-state index in [0.717, 1.165) is 32.4 Å². The molecule has 1 unspecified atom stereocenters. The van der Waals surface area contributed by atoms with Gasteiger partial charge in [-0.15, -0.1) is 0 Å². The summed E-state index contributed by atoms with van der Waals surface area (Å²) >= 11 is 0. The van der Waals surface area contributed by atoms with Crippen LogP contribution in [0.25, 0.3) is 0 Å². The maximum Gasteiger partial charge on any atom is 0.126 e. The molecular weight excluding hydrogens is 217 g/mol. The quantitative estimate of drug-likeness (QED) is 0.840. The van der Waals surface area contributed by atoms with Gasteiger partial charge < -0.3 is 10.4 Å². The standard InChI is InChI=1S/C14H20FNO/c15-14-4-2-1-3-12(14)10-13(17)9-11-5-7-16-8-6-11/h1-4,11,13,16-17H,5-10H2. The third kappa shape index (κ3) is 3.79. The molecule has 3 heteroatoms. The van der Waals surface area contributed by atoms with E-state index in [0.29, 0.717) is 17.9 Å². The summed E-state index contributed by atoms with van der Waals surface area (Å²) in [6, 6.07) is 6.70. The Kier molecular flexibility index (Phi) is 4.51. The van der Waals surface area contributed by atoms with Gasteiger partial charge in [-0.2, -0.15) is 0 Å². The topological polar surface area (TPSA) is 32.3 Å². The smallest absolute Gasteiger partial charge is 0.126 e. The predicted molar refractivity (Wildman–Crippen MR) is 66.3 cm³/mol. The number of aliphatic hydroxyl groups is 1. The highest BCUT2D eigenvalue weighted by atomic mass is 19.1. The van der Waals surface area contributed by atoms with Crippen LogP contribution in [-0.2, 0) is 6.42 Å². The molecule has 0 aliphatic carbocycles. The molecule has 1 aliphatic rings. The molecule has 1 aliphatic heterocycles. The lowest BCUT2D eigenvalue weighted by molar-refractivity contribution is 0.131. The molecule has 1 aromatic carbocycles. The fourth-order valence-corrected chi connectivity index (χ4v) is 2.50. The highest BCUT2D eigenvalue weighted by molar-refractivity contribution is 5.18. The van der Waals surface area contributed by atoms with Crippen LogP contribution in [0, 0.1) is 11.7 Å². The largest absolute Gasteiger partial charge is 0.393 e. The molecule has 0 spiro atoms. The molecule has 2 N–H and O–H groups in total. The molecule has 1 fully saturated rings. The summed E-state index contributed by atoms with van der Waals surface area (Å²) in [5, 5.41) is 13.3. The second-order valence-corrected chi connectivity index (χ2v) is 4.88. The molecule has 0 aromatic heterocycles. The molecular formula is C14H20FNO. The lowest BCUT2D eigenvalue weighted by atomic mass is 9.90. The van der Waals surface area contributed by atoms with Gasteiger partial charge in [0.05, 0.1) is 6.10 Å². The Balaban J connectivity index is 1.84. The Labute approximate surface area is 102 Å². The second kappa shape index (κ2) is 6.12. The molecule has 1 heterocycles. The zero-order chi connectivity index (χ0) is 12.1. The minimum Gasteiger partial charge on any atom is -0.393 e. The third-order valence-electron chi connectivity index (χ3n) is 3.48.